The first-order valence-electron chi connectivity index (χ1n) is 6.32. The Labute approximate surface area is 107 Å². The second-order valence-corrected chi connectivity index (χ2v) is 6.36. The van der Waals surface area contributed by atoms with Gasteiger partial charge in [0.05, 0.1) is 0 Å². The van der Waals surface area contributed by atoms with E-state index in [9.17, 15) is 4.79 Å². The van der Waals surface area contributed by atoms with Gasteiger partial charge in [-0.25, -0.2) is 0 Å². The zero-order chi connectivity index (χ0) is 13.1. The van der Waals surface area contributed by atoms with Crippen molar-refractivity contribution in [3.05, 3.63) is 30.2 Å². The number of rotatable bonds is 2. The number of Topliss-reactive ketones (excluding diaryl/α,β-unsaturated/α-hetero) is 1. The second-order valence-electron chi connectivity index (χ2n) is 6.36. The lowest BCUT2D eigenvalue weighted by molar-refractivity contribution is 0.0947. The minimum absolute atomic E-state index is 0.0793. The highest BCUT2D eigenvalue weighted by Crippen LogP contribution is 2.69. The molecule has 0 radical (unpaired) electrons. The average Bonchev–Trinajstić information content (AvgIpc) is 2.66. The van der Waals surface area contributed by atoms with Crippen molar-refractivity contribution in [2.75, 3.05) is 0 Å². The third-order valence-electron chi connectivity index (χ3n) is 5.03. The number of hydrogen-bond acceptors (Lipinski definition) is 2. The second kappa shape index (κ2) is 3.22. The van der Waals surface area contributed by atoms with Crippen molar-refractivity contribution in [1.29, 1.82) is 0 Å². The van der Waals surface area contributed by atoms with Crippen molar-refractivity contribution >= 4 is 16.7 Å². The van der Waals surface area contributed by atoms with Gasteiger partial charge in [-0.05, 0) is 16.9 Å². The molecule has 2 heterocycles. The van der Waals surface area contributed by atoms with Gasteiger partial charge >= 0.3 is 0 Å². The predicted octanol–water partition coefficient (Wildman–Crippen LogP) is 3.43. The molecule has 1 saturated carbocycles. The minimum Gasteiger partial charge on any atom is -0.360 e. The molecular weight excluding hydrogens is 224 g/mol. The summed E-state index contributed by atoms with van der Waals surface area (Å²) in [6.07, 6.45) is 5.32. The van der Waals surface area contributed by atoms with Gasteiger partial charge in [-0.3, -0.25) is 9.78 Å². The number of carbonyl (C=O) groups is 1. The fourth-order valence-corrected chi connectivity index (χ4v) is 3.17. The van der Waals surface area contributed by atoms with Crippen LogP contribution in [0.4, 0.5) is 0 Å². The molecule has 0 aliphatic heterocycles. The minimum atomic E-state index is 0.0793. The van der Waals surface area contributed by atoms with Crippen molar-refractivity contribution in [3.63, 3.8) is 0 Å². The Hall–Kier alpha value is -1.64. The van der Waals surface area contributed by atoms with E-state index in [2.05, 4.69) is 37.7 Å². The highest BCUT2D eigenvalue weighted by molar-refractivity contribution is 6.10. The van der Waals surface area contributed by atoms with Crippen LogP contribution in [0.5, 0.6) is 0 Å². The summed E-state index contributed by atoms with van der Waals surface area (Å²) in [4.78, 5) is 19.9. The highest BCUT2D eigenvalue weighted by Gasteiger charge is 2.68. The molecule has 0 bridgehead atoms. The molecule has 1 N–H and O–H groups in total. The molecular formula is C15H18N2O. The predicted molar refractivity (Wildman–Crippen MR) is 71.5 cm³/mol. The first kappa shape index (κ1) is 11.5. The molecule has 3 nitrogen and oxygen atoms in total. The summed E-state index contributed by atoms with van der Waals surface area (Å²) in [6.45, 7) is 8.68. The van der Waals surface area contributed by atoms with Gasteiger partial charge in [-0.15, -0.1) is 0 Å². The summed E-state index contributed by atoms with van der Waals surface area (Å²) in [7, 11) is 0. The van der Waals surface area contributed by atoms with Crippen molar-refractivity contribution in [2.24, 2.45) is 16.7 Å². The van der Waals surface area contributed by atoms with Gasteiger partial charge in [0, 0.05) is 41.0 Å². The molecule has 0 spiro atoms. The van der Waals surface area contributed by atoms with E-state index >= 15 is 0 Å². The zero-order valence-electron chi connectivity index (χ0n) is 11.2. The van der Waals surface area contributed by atoms with E-state index in [1.807, 2.05) is 12.3 Å². The van der Waals surface area contributed by atoms with Crippen LogP contribution < -0.4 is 0 Å². The molecule has 3 heteroatoms. The van der Waals surface area contributed by atoms with Gasteiger partial charge in [0.2, 0.25) is 0 Å². The molecule has 0 atom stereocenters. The number of ketones is 1. The first-order chi connectivity index (χ1) is 8.37. The van der Waals surface area contributed by atoms with Gasteiger partial charge in [0.1, 0.15) is 0 Å². The van der Waals surface area contributed by atoms with Gasteiger partial charge in [0.15, 0.2) is 5.78 Å². The number of aromatic amines is 1. The van der Waals surface area contributed by atoms with Crippen molar-refractivity contribution in [1.82, 2.24) is 9.97 Å². The largest absolute Gasteiger partial charge is 0.360 e. The Morgan fingerprint density at radius 3 is 2.56 bits per heavy atom. The van der Waals surface area contributed by atoms with Gasteiger partial charge in [-0.1, -0.05) is 27.7 Å². The molecule has 2 aromatic rings. The van der Waals surface area contributed by atoms with Crippen LogP contribution in [0.1, 0.15) is 38.1 Å². The fraction of sp³-hybridized carbons (Fsp3) is 0.467. The topological polar surface area (TPSA) is 45.8 Å². The van der Waals surface area contributed by atoms with Crippen molar-refractivity contribution < 1.29 is 4.79 Å². The van der Waals surface area contributed by atoms with E-state index in [0.29, 0.717) is 0 Å². The van der Waals surface area contributed by atoms with Crippen LogP contribution in [0.25, 0.3) is 10.9 Å². The number of H-pyrrole nitrogens is 1. The number of fused-ring (bicyclic) bond motifs is 1. The SMILES string of the molecule is CC1(C)C(C(=O)c2c[nH]c3ccncc23)C1(C)C. The summed E-state index contributed by atoms with van der Waals surface area (Å²) in [5, 5.41) is 0.931. The molecule has 0 unspecified atom stereocenters. The molecule has 18 heavy (non-hydrogen) atoms. The molecule has 0 saturated heterocycles. The van der Waals surface area contributed by atoms with E-state index in [4.69, 9.17) is 0 Å². The lowest BCUT2D eigenvalue weighted by Crippen LogP contribution is -2.06. The number of nitrogens with one attached hydrogen (secondary N) is 1. The molecule has 2 aromatic heterocycles. The quantitative estimate of drug-likeness (QED) is 0.820. The van der Waals surface area contributed by atoms with E-state index < -0.39 is 0 Å². The van der Waals surface area contributed by atoms with E-state index in [-0.39, 0.29) is 22.5 Å². The summed E-state index contributed by atoms with van der Waals surface area (Å²) >= 11 is 0. The summed E-state index contributed by atoms with van der Waals surface area (Å²) in [5.41, 5.74) is 1.91. The smallest absolute Gasteiger partial charge is 0.169 e. The lowest BCUT2D eigenvalue weighted by atomic mass is 10.0. The summed E-state index contributed by atoms with van der Waals surface area (Å²) in [6, 6.07) is 1.90. The summed E-state index contributed by atoms with van der Waals surface area (Å²) < 4.78 is 0. The molecule has 94 valence electrons. The number of aromatic nitrogens is 2. The standard InChI is InChI=1S/C15H18N2O/c1-14(2)13(15(14,3)4)12(18)10-8-17-11-5-6-16-7-9(10)11/h5-8,13,17H,1-4H3. The number of hydrogen-bond donors (Lipinski definition) is 1. The van der Waals surface area contributed by atoms with Gasteiger partial charge < -0.3 is 4.98 Å². The van der Waals surface area contributed by atoms with Gasteiger partial charge in [-0.2, -0.15) is 0 Å². The summed E-state index contributed by atoms with van der Waals surface area (Å²) in [5.74, 6) is 0.341. The molecule has 1 aliphatic rings. The van der Waals surface area contributed by atoms with Crippen LogP contribution in [0.15, 0.2) is 24.7 Å². The number of pyridine rings is 1. The Balaban J connectivity index is 2.05. The monoisotopic (exact) mass is 242 g/mol. The van der Waals surface area contributed by atoms with E-state index in [1.165, 1.54) is 0 Å². The van der Waals surface area contributed by atoms with Crippen molar-refractivity contribution in [2.45, 2.75) is 27.7 Å². The van der Waals surface area contributed by atoms with E-state index in [0.717, 1.165) is 16.5 Å². The fourth-order valence-electron chi connectivity index (χ4n) is 3.17. The maximum Gasteiger partial charge on any atom is 0.169 e. The average molecular weight is 242 g/mol. The maximum atomic E-state index is 12.7. The van der Waals surface area contributed by atoms with Gasteiger partial charge in [0.25, 0.3) is 0 Å². The van der Waals surface area contributed by atoms with Crippen LogP contribution in [-0.2, 0) is 0 Å². The van der Waals surface area contributed by atoms with Crippen LogP contribution in [0, 0.1) is 16.7 Å². The Morgan fingerprint density at radius 1 is 1.28 bits per heavy atom. The molecule has 3 rings (SSSR count). The maximum absolute atomic E-state index is 12.7. The van der Waals surface area contributed by atoms with E-state index in [1.54, 1.807) is 12.4 Å². The highest BCUT2D eigenvalue weighted by atomic mass is 16.1. The molecule has 1 fully saturated rings. The van der Waals surface area contributed by atoms with Crippen molar-refractivity contribution in [3.8, 4) is 0 Å². The number of nitrogens with zero attached hydrogens (tertiary/aromatic N) is 1. The van der Waals surface area contributed by atoms with Crippen LogP contribution in [0.2, 0.25) is 0 Å². The lowest BCUT2D eigenvalue weighted by Gasteiger charge is -2.03. The van der Waals surface area contributed by atoms with Crippen LogP contribution >= 0.6 is 0 Å². The Kier molecular flexibility index (Phi) is 2.05. The molecule has 0 amide bonds. The van der Waals surface area contributed by atoms with Crippen LogP contribution in [0.3, 0.4) is 0 Å². The molecule has 0 aromatic carbocycles. The zero-order valence-corrected chi connectivity index (χ0v) is 11.2. The third kappa shape index (κ3) is 1.25. The Morgan fingerprint density at radius 2 is 1.94 bits per heavy atom. The normalized spacial score (nSPS) is 21.1. The van der Waals surface area contributed by atoms with Crippen LogP contribution in [-0.4, -0.2) is 15.8 Å². The third-order valence-corrected chi connectivity index (χ3v) is 5.03. The Bertz CT molecular complexity index is 623. The molecule has 1 aliphatic carbocycles. The number of carbonyl (C=O) groups excluding carboxylic acids is 1. The first-order valence-corrected chi connectivity index (χ1v) is 6.32.